The summed E-state index contributed by atoms with van der Waals surface area (Å²) in [6.07, 6.45) is 7.25. The van der Waals surface area contributed by atoms with Gasteiger partial charge in [0, 0.05) is 48.2 Å². The van der Waals surface area contributed by atoms with Gasteiger partial charge < -0.3 is 0 Å². The second kappa shape index (κ2) is 14.3. The number of hydrogen-bond donors (Lipinski definition) is 0. The Morgan fingerprint density at radius 1 is 0.320 bits per heavy atom. The van der Waals surface area contributed by atoms with Crippen LogP contribution >= 0.6 is 0 Å². The fourth-order valence-corrected chi connectivity index (χ4v) is 8.21. The highest BCUT2D eigenvalue weighted by atomic mass is 15.0. The van der Waals surface area contributed by atoms with Gasteiger partial charge in [0.2, 0.25) is 22.1 Å². The van der Waals surface area contributed by atoms with Crippen molar-refractivity contribution in [2.24, 2.45) is 0 Å². The second-order valence-electron chi connectivity index (χ2n) is 13.6. The number of para-hydroxylation sites is 4. The van der Waals surface area contributed by atoms with E-state index in [0.29, 0.717) is 0 Å². The number of fused-ring (bicyclic) bond motifs is 4. The molecule has 8 rings (SSSR count). The quantitative estimate of drug-likeness (QED) is 0.0748. The van der Waals surface area contributed by atoms with E-state index in [1.54, 1.807) is 0 Å². The zero-order valence-corrected chi connectivity index (χ0v) is 29.4. The van der Waals surface area contributed by atoms with Crippen molar-refractivity contribution in [1.29, 1.82) is 0 Å². The van der Waals surface area contributed by atoms with Crippen molar-refractivity contribution >= 4 is 43.6 Å². The average molecular weight is 651 g/mol. The maximum atomic E-state index is 2.55. The first kappa shape index (κ1) is 31.9. The van der Waals surface area contributed by atoms with Crippen molar-refractivity contribution in [2.45, 2.75) is 65.5 Å². The Kier molecular flexibility index (Phi) is 9.09. The normalized spacial score (nSPS) is 11.6. The standard InChI is InChI=1S/C48H46N2/c1-3-5-19-33-49-43-29-15-11-25-39(43)47(40-26-12-16-30-44(40)49)37-23-9-7-21-35(37)36-22-8-10-24-38(36)48-41-27-13-17-31-45(41)50(34-20-6-4-2)46-32-18-14-28-42(46)48/h7-18,21-32H,3-6,19-20,33-34H2,1-2H3/q+2. The number of aryl methyl sites for hydroxylation is 2. The van der Waals surface area contributed by atoms with E-state index in [9.17, 15) is 0 Å². The maximum absolute atomic E-state index is 2.55. The first-order valence-corrected chi connectivity index (χ1v) is 18.7. The maximum Gasteiger partial charge on any atom is 0.213 e. The van der Waals surface area contributed by atoms with Gasteiger partial charge in [0.05, 0.1) is 21.5 Å². The van der Waals surface area contributed by atoms with Crippen LogP contribution in [-0.2, 0) is 13.1 Å². The molecule has 0 aliphatic heterocycles. The lowest BCUT2D eigenvalue weighted by atomic mass is 9.85. The fraction of sp³-hybridized carbons (Fsp3) is 0.208. The molecule has 0 saturated heterocycles. The molecule has 0 unspecified atom stereocenters. The van der Waals surface area contributed by atoms with Crippen LogP contribution in [0.25, 0.3) is 77.0 Å². The summed E-state index contributed by atoms with van der Waals surface area (Å²) in [5, 5.41) is 5.21. The number of hydrogen-bond acceptors (Lipinski definition) is 0. The molecule has 2 aromatic heterocycles. The Morgan fingerprint density at radius 2 is 0.600 bits per heavy atom. The molecule has 0 N–H and O–H groups in total. The molecular formula is C48H46N2+2. The van der Waals surface area contributed by atoms with Crippen molar-refractivity contribution in [1.82, 2.24) is 0 Å². The summed E-state index contributed by atoms with van der Waals surface area (Å²) < 4.78 is 5.11. The number of benzene rings is 6. The summed E-state index contributed by atoms with van der Waals surface area (Å²) in [5.41, 5.74) is 12.9. The molecule has 0 atom stereocenters. The molecule has 0 amide bonds. The number of aromatic nitrogens is 2. The predicted octanol–water partition coefficient (Wildman–Crippen LogP) is 12.3. The minimum Gasteiger partial charge on any atom is -0.191 e. The lowest BCUT2D eigenvalue weighted by Crippen LogP contribution is -2.36. The van der Waals surface area contributed by atoms with Crippen LogP contribution in [0.1, 0.15) is 52.4 Å². The van der Waals surface area contributed by atoms with Crippen molar-refractivity contribution in [3.05, 3.63) is 146 Å². The van der Waals surface area contributed by atoms with E-state index in [2.05, 4.69) is 169 Å². The zero-order chi connectivity index (χ0) is 33.9. The molecule has 6 aromatic carbocycles. The second-order valence-corrected chi connectivity index (χ2v) is 13.6. The van der Waals surface area contributed by atoms with Crippen LogP contribution in [0.4, 0.5) is 0 Å². The molecule has 0 saturated carbocycles. The third-order valence-corrected chi connectivity index (χ3v) is 10.5. The van der Waals surface area contributed by atoms with E-state index in [4.69, 9.17) is 0 Å². The van der Waals surface area contributed by atoms with Crippen LogP contribution in [0.3, 0.4) is 0 Å². The number of rotatable bonds is 11. The highest BCUT2D eigenvalue weighted by Crippen LogP contribution is 2.45. The van der Waals surface area contributed by atoms with Gasteiger partial charge in [-0.2, -0.15) is 9.13 Å². The van der Waals surface area contributed by atoms with Crippen molar-refractivity contribution in [3.63, 3.8) is 0 Å². The van der Waals surface area contributed by atoms with Crippen LogP contribution in [-0.4, -0.2) is 0 Å². The highest BCUT2D eigenvalue weighted by molar-refractivity contribution is 6.13. The average Bonchev–Trinajstić information content (AvgIpc) is 3.17. The minimum atomic E-state index is 1.02. The molecule has 246 valence electrons. The van der Waals surface area contributed by atoms with E-state index in [0.717, 1.165) is 13.1 Å². The predicted molar refractivity (Wildman–Crippen MR) is 212 cm³/mol. The van der Waals surface area contributed by atoms with Gasteiger partial charge in [0.25, 0.3) is 0 Å². The lowest BCUT2D eigenvalue weighted by Gasteiger charge is -2.19. The van der Waals surface area contributed by atoms with E-state index in [1.165, 1.54) is 116 Å². The molecule has 0 fully saturated rings. The van der Waals surface area contributed by atoms with Gasteiger partial charge in [-0.3, -0.25) is 0 Å². The van der Waals surface area contributed by atoms with E-state index < -0.39 is 0 Å². The summed E-state index contributed by atoms with van der Waals surface area (Å²) in [4.78, 5) is 0. The van der Waals surface area contributed by atoms with Crippen molar-refractivity contribution in [2.75, 3.05) is 0 Å². The molecule has 0 aliphatic carbocycles. The first-order chi connectivity index (χ1) is 24.8. The van der Waals surface area contributed by atoms with Gasteiger partial charge in [0.1, 0.15) is 13.1 Å². The first-order valence-electron chi connectivity index (χ1n) is 18.7. The smallest absolute Gasteiger partial charge is 0.191 e. The Balaban J connectivity index is 1.40. The summed E-state index contributed by atoms with van der Waals surface area (Å²) in [6.45, 7) is 6.61. The fourth-order valence-electron chi connectivity index (χ4n) is 8.21. The molecule has 0 spiro atoms. The van der Waals surface area contributed by atoms with Crippen LogP contribution in [0.15, 0.2) is 146 Å². The van der Waals surface area contributed by atoms with E-state index in [-0.39, 0.29) is 0 Å². The van der Waals surface area contributed by atoms with Gasteiger partial charge in [-0.1, -0.05) is 124 Å². The molecule has 50 heavy (non-hydrogen) atoms. The van der Waals surface area contributed by atoms with Crippen LogP contribution in [0, 0.1) is 0 Å². The summed E-state index contributed by atoms with van der Waals surface area (Å²) in [5.74, 6) is 0. The molecule has 0 bridgehead atoms. The van der Waals surface area contributed by atoms with Crippen LogP contribution in [0.5, 0.6) is 0 Å². The Bertz CT molecular complexity index is 2180. The summed E-state index contributed by atoms with van der Waals surface area (Å²) in [7, 11) is 0. The van der Waals surface area contributed by atoms with E-state index in [1.807, 2.05) is 0 Å². The van der Waals surface area contributed by atoms with Crippen molar-refractivity contribution in [3.8, 4) is 33.4 Å². The molecule has 0 radical (unpaired) electrons. The van der Waals surface area contributed by atoms with Gasteiger partial charge in [0.15, 0.2) is 0 Å². The Hall–Kier alpha value is -5.34. The Labute approximate surface area is 296 Å². The Morgan fingerprint density at radius 3 is 0.920 bits per heavy atom. The number of unbranched alkanes of at least 4 members (excludes halogenated alkanes) is 4. The monoisotopic (exact) mass is 650 g/mol. The lowest BCUT2D eigenvalue weighted by molar-refractivity contribution is -0.646. The zero-order valence-electron chi connectivity index (χ0n) is 29.4. The SMILES string of the molecule is CCCCC[n+]1c2ccccc2c(-c2ccccc2-c2ccccc2-c2c3ccccc3[n+](CCCCC)c3ccccc23)c2ccccc21. The number of nitrogens with zero attached hydrogens (tertiary/aromatic N) is 2. The molecule has 0 aliphatic rings. The van der Waals surface area contributed by atoms with Gasteiger partial charge in [-0.15, -0.1) is 0 Å². The van der Waals surface area contributed by atoms with E-state index >= 15 is 0 Å². The van der Waals surface area contributed by atoms with Gasteiger partial charge in [-0.05, 0) is 59.4 Å². The molecule has 2 heterocycles. The number of pyridine rings is 2. The largest absolute Gasteiger partial charge is 0.213 e. The van der Waals surface area contributed by atoms with Gasteiger partial charge in [-0.25, -0.2) is 0 Å². The molecule has 2 nitrogen and oxygen atoms in total. The highest BCUT2D eigenvalue weighted by Gasteiger charge is 2.26. The molecule has 2 heteroatoms. The van der Waals surface area contributed by atoms with Crippen LogP contribution < -0.4 is 9.13 Å². The van der Waals surface area contributed by atoms with Crippen molar-refractivity contribution < 1.29 is 9.13 Å². The summed E-state index contributed by atoms with van der Waals surface area (Å²) >= 11 is 0. The summed E-state index contributed by atoms with van der Waals surface area (Å²) in [6, 6.07) is 54.3. The molecular weight excluding hydrogens is 605 g/mol. The third-order valence-electron chi connectivity index (χ3n) is 10.5. The van der Waals surface area contributed by atoms with Crippen LogP contribution in [0.2, 0.25) is 0 Å². The third kappa shape index (κ3) is 5.63. The topological polar surface area (TPSA) is 7.76 Å². The minimum absolute atomic E-state index is 1.02. The van der Waals surface area contributed by atoms with Gasteiger partial charge >= 0.3 is 0 Å². The molecule has 8 aromatic rings.